The number of hydrogen-bond donors (Lipinski definition) is 2. The van der Waals surface area contributed by atoms with Crippen molar-refractivity contribution in [2.45, 2.75) is 39.0 Å². The number of hydrogen-bond acceptors (Lipinski definition) is 4. The van der Waals surface area contributed by atoms with E-state index in [1.165, 1.54) is 6.07 Å². The summed E-state index contributed by atoms with van der Waals surface area (Å²) in [7, 11) is -2.26. The molecule has 0 saturated heterocycles. The highest BCUT2D eigenvalue weighted by molar-refractivity contribution is 7.92. The van der Waals surface area contributed by atoms with Crippen molar-refractivity contribution in [1.29, 1.82) is 0 Å². The fourth-order valence-corrected chi connectivity index (χ4v) is 3.85. The molecule has 0 radical (unpaired) electrons. The minimum Gasteiger partial charge on any atom is -0.497 e. The first-order valence-corrected chi connectivity index (χ1v) is 10.1. The number of methoxy groups -OCH3 is 1. The molecule has 27 heavy (non-hydrogen) atoms. The van der Waals surface area contributed by atoms with Gasteiger partial charge in [0.25, 0.3) is 10.0 Å². The second-order valence-electron chi connectivity index (χ2n) is 7.60. The van der Waals surface area contributed by atoms with Gasteiger partial charge in [-0.25, -0.2) is 8.42 Å². The summed E-state index contributed by atoms with van der Waals surface area (Å²) in [5.74, 6) is 0.482. The van der Waals surface area contributed by atoms with Crippen LogP contribution in [0.25, 0.3) is 0 Å². The lowest BCUT2D eigenvalue weighted by molar-refractivity contribution is -0.117. The molecule has 6 nitrogen and oxygen atoms in total. The van der Waals surface area contributed by atoms with E-state index >= 15 is 0 Å². The molecule has 2 aromatic carbocycles. The zero-order valence-corrected chi connectivity index (χ0v) is 17.1. The molecule has 146 valence electrons. The molecular formula is C20H26N2O4S. The summed E-state index contributed by atoms with van der Waals surface area (Å²) in [5, 5.41) is 2.77. The fraction of sp³-hybridized carbons (Fsp3) is 0.350. The fourth-order valence-electron chi connectivity index (χ4n) is 2.52. The lowest BCUT2D eigenvalue weighted by Crippen LogP contribution is -2.20. The van der Waals surface area contributed by atoms with Crippen molar-refractivity contribution in [2.75, 3.05) is 17.1 Å². The number of carbonyl (C=O) groups excluding carboxylic acids is 1. The van der Waals surface area contributed by atoms with E-state index in [-0.39, 0.29) is 16.2 Å². The lowest BCUT2D eigenvalue weighted by Gasteiger charge is -2.18. The first-order valence-electron chi connectivity index (χ1n) is 8.57. The average molecular weight is 391 g/mol. The minimum atomic E-state index is -3.80. The van der Waals surface area contributed by atoms with E-state index in [2.05, 4.69) is 10.0 Å². The maximum Gasteiger partial charge on any atom is 0.262 e. The Labute approximate surface area is 161 Å². The van der Waals surface area contributed by atoms with Gasteiger partial charge in [-0.05, 0) is 54.3 Å². The third-order valence-corrected chi connectivity index (χ3v) is 5.32. The quantitative estimate of drug-likeness (QED) is 0.775. The molecule has 2 N–H and O–H groups in total. The van der Waals surface area contributed by atoms with Gasteiger partial charge in [0.15, 0.2) is 0 Å². The Bertz CT molecular complexity index is 914. The van der Waals surface area contributed by atoms with Crippen molar-refractivity contribution in [3.8, 4) is 5.75 Å². The molecule has 0 atom stereocenters. The van der Waals surface area contributed by atoms with Crippen molar-refractivity contribution >= 4 is 27.3 Å². The summed E-state index contributed by atoms with van der Waals surface area (Å²) >= 11 is 0. The second kappa shape index (κ2) is 8.00. The molecule has 0 spiro atoms. The van der Waals surface area contributed by atoms with Crippen molar-refractivity contribution in [1.82, 2.24) is 0 Å². The van der Waals surface area contributed by atoms with Crippen LogP contribution in [-0.4, -0.2) is 21.4 Å². The SMILES string of the molecule is COc1ccc(NS(=O)(=O)c2cc(NC(=O)CC(C)(C)C)ccc2C)cc1. The molecule has 2 aromatic rings. The number of aryl methyl sites for hydroxylation is 1. The molecule has 0 saturated carbocycles. The van der Waals surface area contributed by atoms with Gasteiger partial charge in [-0.2, -0.15) is 0 Å². The monoisotopic (exact) mass is 390 g/mol. The van der Waals surface area contributed by atoms with Gasteiger partial charge in [-0.15, -0.1) is 0 Å². The van der Waals surface area contributed by atoms with Crippen molar-refractivity contribution in [3.63, 3.8) is 0 Å². The van der Waals surface area contributed by atoms with Crippen LogP contribution in [-0.2, 0) is 14.8 Å². The van der Waals surface area contributed by atoms with Crippen LogP contribution in [0.3, 0.4) is 0 Å². The molecule has 0 aliphatic heterocycles. The summed E-state index contributed by atoms with van der Waals surface area (Å²) in [6.45, 7) is 7.62. The van der Waals surface area contributed by atoms with E-state index in [1.807, 2.05) is 20.8 Å². The number of ether oxygens (including phenoxy) is 1. The standard InChI is InChI=1S/C20H26N2O4S/c1-14-6-7-16(21-19(23)13-20(2,3)4)12-18(14)27(24,25)22-15-8-10-17(26-5)11-9-15/h6-12,22H,13H2,1-5H3,(H,21,23). The molecule has 0 aliphatic rings. The summed E-state index contributed by atoms with van der Waals surface area (Å²) < 4.78 is 33.2. The van der Waals surface area contributed by atoms with E-state index in [0.717, 1.165) is 0 Å². The number of carbonyl (C=O) groups is 1. The maximum atomic E-state index is 12.8. The largest absolute Gasteiger partial charge is 0.497 e. The summed E-state index contributed by atoms with van der Waals surface area (Å²) in [6.07, 6.45) is 0.340. The lowest BCUT2D eigenvalue weighted by atomic mass is 9.92. The molecule has 0 heterocycles. The molecule has 0 aliphatic carbocycles. The molecule has 1 amide bonds. The smallest absolute Gasteiger partial charge is 0.262 e. The molecular weight excluding hydrogens is 364 g/mol. The van der Waals surface area contributed by atoms with Crippen LogP contribution in [0.5, 0.6) is 5.75 Å². The van der Waals surface area contributed by atoms with Crippen molar-refractivity contribution in [3.05, 3.63) is 48.0 Å². The highest BCUT2D eigenvalue weighted by atomic mass is 32.2. The molecule has 0 unspecified atom stereocenters. The van der Waals surface area contributed by atoms with E-state index in [4.69, 9.17) is 4.74 Å². The average Bonchev–Trinajstić information content (AvgIpc) is 2.55. The Morgan fingerprint density at radius 1 is 1.04 bits per heavy atom. The van der Waals surface area contributed by atoms with Crippen LogP contribution in [0.2, 0.25) is 0 Å². The van der Waals surface area contributed by atoms with Gasteiger partial charge in [0.05, 0.1) is 12.0 Å². The summed E-state index contributed by atoms with van der Waals surface area (Å²) in [5.41, 5.74) is 1.31. The van der Waals surface area contributed by atoms with Gasteiger partial charge in [-0.1, -0.05) is 26.8 Å². The Kier molecular flexibility index (Phi) is 6.15. The number of benzene rings is 2. The Morgan fingerprint density at radius 3 is 2.19 bits per heavy atom. The van der Waals surface area contributed by atoms with Gasteiger partial charge in [0, 0.05) is 17.8 Å². The topological polar surface area (TPSA) is 84.5 Å². The van der Waals surface area contributed by atoms with Gasteiger partial charge in [0.2, 0.25) is 5.91 Å². The van der Waals surface area contributed by atoms with Gasteiger partial charge in [0.1, 0.15) is 5.75 Å². The van der Waals surface area contributed by atoms with Gasteiger partial charge in [-0.3, -0.25) is 9.52 Å². The molecule has 0 fully saturated rings. The third kappa shape index (κ3) is 5.99. The number of sulfonamides is 1. The van der Waals surface area contributed by atoms with E-state index in [9.17, 15) is 13.2 Å². The Hall–Kier alpha value is -2.54. The first-order chi connectivity index (χ1) is 12.5. The third-order valence-electron chi connectivity index (χ3n) is 3.79. The molecule has 0 bridgehead atoms. The molecule has 2 rings (SSSR count). The number of anilines is 2. The Balaban J connectivity index is 2.23. The Morgan fingerprint density at radius 2 is 1.63 bits per heavy atom. The molecule has 7 heteroatoms. The highest BCUT2D eigenvalue weighted by Gasteiger charge is 2.20. The normalized spacial score (nSPS) is 11.7. The zero-order chi connectivity index (χ0) is 20.2. The van der Waals surface area contributed by atoms with Crippen LogP contribution in [0.1, 0.15) is 32.8 Å². The van der Waals surface area contributed by atoms with Crippen molar-refractivity contribution in [2.24, 2.45) is 5.41 Å². The molecule has 0 aromatic heterocycles. The van der Waals surface area contributed by atoms with Crippen LogP contribution in [0, 0.1) is 12.3 Å². The summed E-state index contributed by atoms with van der Waals surface area (Å²) in [6, 6.07) is 11.4. The second-order valence-corrected chi connectivity index (χ2v) is 9.25. The van der Waals surface area contributed by atoms with E-state index < -0.39 is 10.0 Å². The number of rotatable bonds is 6. The zero-order valence-electron chi connectivity index (χ0n) is 16.3. The van der Waals surface area contributed by atoms with Gasteiger partial charge >= 0.3 is 0 Å². The van der Waals surface area contributed by atoms with Crippen molar-refractivity contribution < 1.29 is 17.9 Å². The first kappa shape index (κ1) is 20.8. The maximum absolute atomic E-state index is 12.8. The predicted octanol–water partition coefficient (Wildman–Crippen LogP) is 4.18. The minimum absolute atomic E-state index is 0.117. The van der Waals surface area contributed by atoms with Crippen LogP contribution < -0.4 is 14.8 Å². The predicted molar refractivity (Wildman–Crippen MR) is 108 cm³/mol. The number of nitrogens with one attached hydrogen (secondary N) is 2. The van der Waals surface area contributed by atoms with Crippen LogP contribution >= 0.6 is 0 Å². The van der Waals surface area contributed by atoms with Crippen LogP contribution in [0.15, 0.2) is 47.4 Å². The summed E-state index contributed by atoms with van der Waals surface area (Å²) in [4.78, 5) is 12.3. The number of amides is 1. The van der Waals surface area contributed by atoms with Crippen LogP contribution in [0.4, 0.5) is 11.4 Å². The van der Waals surface area contributed by atoms with E-state index in [0.29, 0.717) is 29.1 Å². The van der Waals surface area contributed by atoms with E-state index in [1.54, 1.807) is 50.4 Å². The highest BCUT2D eigenvalue weighted by Crippen LogP contribution is 2.25. The van der Waals surface area contributed by atoms with Gasteiger partial charge < -0.3 is 10.1 Å².